The van der Waals surface area contributed by atoms with Gasteiger partial charge in [-0.25, -0.2) is 0 Å². The molecule has 0 N–H and O–H groups in total. The van der Waals surface area contributed by atoms with Crippen LogP contribution in [0.4, 0.5) is 0 Å². The van der Waals surface area contributed by atoms with Crippen molar-refractivity contribution >= 4 is 50.7 Å². The number of ether oxygens (including phenoxy) is 2. The Morgan fingerprint density at radius 1 is 1.21 bits per heavy atom. The van der Waals surface area contributed by atoms with Crippen LogP contribution >= 0.6 is 34.5 Å². The normalized spacial score (nSPS) is 13.7. The van der Waals surface area contributed by atoms with Gasteiger partial charge in [0.1, 0.15) is 0 Å². The van der Waals surface area contributed by atoms with Gasteiger partial charge in [-0.1, -0.05) is 34.5 Å². The molecule has 2 aromatic carbocycles. The number of aromatic nitrogens is 1. The van der Waals surface area contributed by atoms with Crippen molar-refractivity contribution in [1.82, 2.24) is 4.57 Å². The number of carbonyl (C=O) groups excluding carboxylic acids is 1. The molecule has 3 aromatic rings. The predicted octanol–water partition coefficient (Wildman–Crippen LogP) is 4.02. The molecule has 0 saturated heterocycles. The highest BCUT2D eigenvalue weighted by Gasteiger charge is 2.17. The Balaban J connectivity index is 1.84. The van der Waals surface area contributed by atoms with E-state index < -0.39 is 5.91 Å². The van der Waals surface area contributed by atoms with Crippen LogP contribution in [0.15, 0.2) is 35.3 Å². The van der Waals surface area contributed by atoms with Crippen molar-refractivity contribution in [2.45, 2.75) is 0 Å². The molecule has 0 bridgehead atoms. The minimum Gasteiger partial charge on any atom is -0.454 e. The van der Waals surface area contributed by atoms with Gasteiger partial charge in [0, 0.05) is 24.2 Å². The van der Waals surface area contributed by atoms with E-state index in [0.717, 1.165) is 10.2 Å². The summed E-state index contributed by atoms with van der Waals surface area (Å²) in [7, 11) is 1.84. The van der Waals surface area contributed by atoms with E-state index in [2.05, 4.69) is 4.99 Å². The van der Waals surface area contributed by atoms with E-state index in [9.17, 15) is 4.79 Å². The number of rotatable bonds is 1. The monoisotopic (exact) mass is 380 g/mol. The van der Waals surface area contributed by atoms with Crippen molar-refractivity contribution in [3.05, 3.63) is 50.7 Å². The summed E-state index contributed by atoms with van der Waals surface area (Å²) in [5.41, 5.74) is 1.18. The topological polar surface area (TPSA) is 52.8 Å². The summed E-state index contributed by atoms with van der Waals surface area (Å²) >= 11 is 13.4. The average Bonchev–Trinajstić information content (AvgIpc) is 3.12. The van der Waals surface area contributed by atoms with Gasteiger partial charge < -0.3 is 14.0 Å². The van der Waals surface area contributed by atoms with Crippen LogP contribution < -0.4 is 14.3 Å². The standard InChI is InChI=1S/C16H10Cl2N2O3S/c1-20-11-5-12-13(23-7-22-12)6-14(11)24-16(20)19-15(21)9-4-8(17)2-3-10(9)18/h2-6H,7H2,1H3. The third-order valence-electron chi connectivity index (χ3n) is 3.66. The highest BCUT2D eigenvalue weighted by Crippen LogP contribution is 2.36. The number of nitrogens with zero attached hydrogens (tertiary/aromatic N) is 2. The number of hydrogen-bond donors (Lipinski definition) is 0. The third kappa shape index (κ3) is 2.56. The summed E-state index contributed by atoms with van der Waals surface area (Å²) < 4.78 is 13.6. The maximum atomic E-state index is 12.5. The fraction of sp³-hybridized carbons (Fsp3) is 0.125. The molecule has 0 fully saturated rings. The van der Waals surface area contributed by atoms with Gasteiger partial charge in [-0.05, 0) is 18.2 Å². The molecule has 5 nitrogen and oxygen atoms in total. The van der Waals surface area contributed by atoms with Crippen molar-refractivity contribution in [1.29, 1.82) is 0 Å². The number of benzene rings is 2. The lowest BCUT2D eigenvalue weighted by atomic mass is 10.2. The second-order valence-electron chi connectivity index (χ2n) is 5.16. The van der Waals surface area contributed by atoms with Gasteiger partial charge in [0.2, 0.25) is 6.79 Å². The molecular formula is C16H10Cl2N2O3S. The molecule has 1 aromatic heterocycles. The zero-order valence-electron chi connectivity index (χ0n) is 12.4. The molecule has 0 aliphatic carbocycles. The predicted molar refractivity (Wildman–Crippen MR) is 93.3 cm³/mol. The molecule has 0 atom stereocenters. The number of hydrogen-bond acceptors (Lipinski definition) is 4. The first-order chi connectivity index (χ1) is 11.5. The SMILES string of the molecule is Cn1c(=NC(=O)c2cc(Cl)ccc2Cl)sc2cc3c(cc21)OCO3. The van der Waals surface area contributed by atoms with Gasteiger partial charge in [-0.3, -0.25) is 4.79 Å². The Hall–Kier alpha value is -2.02. The van der Waals surface area contributed by atoms with Gasteiger partial charge in [-0.15, -0.1) is 0 Å². The fourth-order valence-electron chi connectivity index (χ4n) is 2.43. The maximum Gasteiger partial charge on any atom is 0.281 e. The summed E-state index contributed by atoms with van der Waals surface area (Å²) in [6, 6.07) is 8.49. The van der Waals surface area contributed by atoms with E-state index in [1.54, 1.807) is 12.1 Å². The highest BCUT2D eigenvalue weighted by molar-refractivity contribution is 7.16. The van der Waals surface area contributed by atoms with Crippen molar-refractivity contribution in [3.63, 3.8) is 0 Å². The Bertz CT molecular complexity index is 1060. The first-order valence-corrected chi connectivity index (χ1v) is 8.53. The first-order valence-electron chi connectivity index (χ1n) is 6.96. The molecule has 2 heterocycles. The Labute approximate surface area is 150 Å². The van der Waals surface area contributed by atoms with Gasteiger partial charge in [0.05, 0.1) is 20.8 Å². The summed E-state index contributed by atoms with van der Waals surface area (Å²) in [6.07, 6.45) is 0. The summed E-state index contributed by atoms with van der Waals surface area (Å²) in [5.74, 6) is 0.941. The second-order valence-corrected chi connectivity index (χ2v) is 7.01. The zero-order valence-corrected chi connectivity index (χ0v) is 14.7. The van der Waals surface area contributed by atoms with E-state index in [0.29, 0.717) is 26.3 Å². The smallest absolute Gasteiger partial charge is 0.281 e. The van der Waals surface area contributed by atoms with Crippen LogP contribution in [0.5, 0.6) is 11.5 Å². The Morgan fingerprint density at radius 3 is 2.75 bits per heavy atom. The highest BCUT2D eigenvalue weighted by atomic mass is 35.5. The molecule has 0 radical (unpaired) electrons. The van der Waals surface area contributed by atoms with E-state index in [1.165, 1.54) is 17.4 Å². The van der Waals surface area contributed by atoms with E-state index >= 15 is 0 Å². The minimum atomic E-state index is -0.440. The molecule has 8 heteroatoms. The molecule has 1 aliphatic rings. The number of carbonyl (C=O) groups is 1. The molecule has 0 saturated carbocycles. The Kier molecular flexibility index (Phi) is 3.75. The number of thiazole rings is 1. The molecule has 1 aliphatic heterocycles. The van der Waals surface area contributed by atoms with Crippen LogP contribution in [0.3, 0.4) is 0 Å². The fourth-order valence-corrected chi connectivity index (χ4v) is 3.83. The lowest BCUT2D eigenvalue weighted by Gasteiger charge is -2.00. The molecule has 0 spiro atoms. The number of aryl methyl sites for hydroxylation is 1. The van der Waals surface area contributed by atoms with Crippen LogP contribution in [0.25, 0.3) is 10.2 Å². The average molecular weight is 381 g/mol. The van der Waals surface area contributed by atoms with Crippen LogP contribution in [0, 0.1) is 0 Å². The molecule has 1 amide bonds. The summed E-state index contributed by atoms with van der Waals surface area (Å²) in [6.45, 7) is 0.222. The molecule has 122 valence electrons. The van der Waals surface area contributed by atoms with Crippen molar-refractivity contribution in [3.8, 4) is 11.5 Å². The number of halogens is 2. The van der Waals surface area contributed by atoms with Crippen molar-refractivity contribution < 1.29 is 14.3 Å². The van der Waals surface area contributed by atoms with Gasteiger partial charge >= 0.3 is 0 Å². The number of amides is 1. The van der Waals surface area contributed by atoms with Gasteiger partial charge in [-0.2, -0.15) is 4.99 Å². The zero-order chi connectivity index (χ0) is 16.8. The second kappa shape index (κ2) is 5.81. The van der Waals surface area contributed by atoms with Crippen molar-refractivity contribution in [2.24, 2.45) is 12.0 Å². The Morgan fingerprint density at radius 2 is 1.96 bits per heavy atom. The lowest BCUT2D eigenvalue weighted by molar-refractivity contribution is 0.0998. The summed E-state index contributed by atoms with van der Waals surface area (Å²) in [5, 5.41) is 0.752. The van der Waals surface area contributed by atoms with E-state index in [4.69, 9.17) is 32.7 Å². The third-order valence-corrected chi connectivity index (χ3v) is 5.32. The van der Waals surface area contributed by atoms with Gasteiger partial charge in [0.25, 0.3) is 5.91 Å². The van der Waals surface area contributed by atoms with Crippen molar-refractivity contribution in [2.75, 3.05) is 6.79 Å². The largest absolute Gasteiger partial charge is 0.454 e. The van der Waals surface area contributed by atoms with Crippen LogP contribution in [0.2, 0.25) is 10.0 Å². The minimum absolute atomic E-state index is 0.222. The molecule has 4 rings (SSSR count). The van der Waals surface area contributed by atoms with E-state index in [-0.39, 0.29) is 12.4 Å². The van der Waals surface area contributed by atoms with Gasteiger partial charge in [0.15, 0.2) is 16.3 Å². The molecule has 0 unspecified atom stereocenters. The van der Waals surface area contributed by atoms with Crippen LogP contribution in [0.1, 0.15) is 10.4 Å². The molecular weight excluding hydrogens is 371 g/mol. The first kappa shape index (κ1) is 15.5. The number of fused-ring (bicyclic) bond motifs is 2. The quantitative estimate of drug-likeness (QED) is 0.640. The van der Waals surface area contributed by atoms with Crippen LogP contribution in [-0.4, -0.2) is 17.3 Å². The molecule has 24 heavy (non-hydrogen) atoms. The lowest BCUT2D eigenvalue weighted by Crippen LogP contribution is -2.13. The maximum absolute atomic E-state index is 12.5. The van der Waals surface area contributed by atoms with Crippen LogP contribution in [-0.2, 0) is 7.05 Å². The summed E-state index contributed by atoms with van der Waals surface area (Å²) in [4.78, 5) is 17.2. The van der Waals surface area contributed by atoms with E-state index in [1.807, 2.05) is 23.7 Å².